The van der Waals surface area contributed by atoms with Gasteiger partial charge in [-0.15, -0.1) is 65.5 Å². The van der Waals surface area contributed by atoms with Crippen molar-refractivity contribution in [3.63, 3.8) is 0 Å². The Balaban J connectivity index is 0.000000300. The van der Waals surface area contributed by atoms with E-state index >= 15 is 0 Å². The van der Waals surface area contributed by atoms with Crippen LogP contribution in [0.2, 0.25) is 0 Å². The molecule has 514 valence electrons. The van der Waals surface area contributed by atoms with Crippen molar-refractivity contribution >= 4 is 34.4 Å². The van der Waals surface area contributed by atoms with Gasteiger partial charge in [-0.3, -0.25) is 36.8 Å². The standard InChI is InChI=1S/C14H12N2.C13H7F2N2.C11H6F2N.C10H5F2N2.C10H9FN2.C8H6N3.C6H5NO2.5Ir/c1-15-11-16(12-7-3-2-4-8-12)14-10-6-5-9-13(14)15;1-8-5-6-17-11(7-8)9-3-4-10(14)13(16-2)12(9)15;12-8-4-5-9(10(13)7-8)11-3-1-2-6-14-11;11-9-5-4-7(10(12)14-9)8-3-1-2-6-13-8;1-12-6-7-13(8-12)10-4-2-9(11)3-5-10;1-2-5-9-7(3-1)8-4-6-10-11-8;8-6(9)5-3-1-2-4-7-5;;;;;/h2-7,9-11H,1H3;4-7H,1H3;1-4,6-7H;1-3,5-6H;2-4,6-8H,1H3;1-6H;1-4H,(H,8,9);;;;;/q-2;3*-1;-2;-1;;;;;;+3. The molecule has 0 unspecified atom stereocenters. The van der Waals surface area contributed by atoms with Gasteiger partial charge in [0.25, 0.3) is 0 Å². The van der Waals surface area contributed by atoms with E-state index in [1.807, 2.05) is 85.3 Å². The van der Waals surface area contributed by atoms with E-state index in [1.54, 1.807) is 85.3 Å². The molecular weight excluding hydrogens is 2170 g/mol. The van der Waals surface area contributed by atoms with Crippen molar-refractivity contribution in [2.24, 2.45) is 0 Å². The summed E-state index contributed by atoms with van der Waals surface area (Å²) in [4.78, 5) is 43.6. The maximum atomic E-state index is 13.8. The van der Waals surface area contributed by atoms with Gasteiger partial charge in [-0.05, 0) is 105 Å². The fourth-order valence-corrected chi connectivity index (χ4v) is 8.18. The number of halogens is 7. The number of fused-ring (bicyclic) bond motifs is 1. The Bertz CT molecular complexity index is 4350. The molecule has 0 spiro atoms. The molecule has 9 heterocycles. The number of aromatic carboxylic acids is 1. The third-order valence-electron chi connectivity index (χ3n) is 12.6. The molecule has 2 aliphatic rings. The van der Waals surface area contributed by atoms with Gasteiger partial charge in [-0.1, -0.05) is 95.2 Å². The number of hydrogen-bond acceptors (Lipinski definition) is 12. The van der Waals surface area contributed by atoms with Crippen molar-refractivity contribution < 1.29 is 141 Å². The molecule has 0 atom stereocenters. The molecule has 0 saturated carbocycles. The van der Waals surface area contributed by atoms with Crippen molar-refractivity contribution in [1.29, 1.82) is 0 Å². The molecular formula is C72H50F7Ir5N13O2-5. The van der Waals surface area contributed by atoms with Crippen LogP contribution in [0.5, 0.6) is 0 Å². The Morgan fingerprint density at radius 1 is 0.545 bits per heavy atom. The average Bonchev–Trinajstić information content (AvgIpc) is 1.66. The number of carboxylic acids is 1. The molecule has 2 aliphatic heterocycles. The number of nitrogens with zero attached hydrogens (tertiary/aromatic N) is 13. The Morgan fingerprint density at radius 3 is 1.67 bits per heavy atom. The number of hydrogen-bond donors (Lipinski definition) is 1. The van der Waals surface area contributed by atoms with Crippen LogP contribution >= 0.6 is 0 Å². The van der Waals surface area contributed by atoms with E-state index in [0.29, 0.717) is 17.1 Å². The van der Waals surface area contributed by atoms with Gasteiger partial charge in [0.1, 0.15) is 17.6 Å². The van der Waals surface area contributed by atoms with Crippen LogP contribution in [0.15, 0.2) is 232 Å². The minimum atomic E-state index is -0.990. The fourth-order valence-electron chi connectivity index (χ4n) is 8.18. The molecule has 27 heteroatoms. The summed E-state index contributed by atoms with van der Waals surface area (Å²) in [5.41, 5.74) is 7.83. The number of benzene rings is 5. The zero-order valence-corrected chi connectivity index (χ0v) is 63.6. The van der Waals surface area contributed by atoms with E-state index in [4.69, 9.17) is 11.7 Å². The zero-order chi connectivity index (χ0) is 66.8. The number of carbonyl (C=O) groups is 1. The van der Waals surface area contributed by atoms with E-state index in [0.717, 1.165) is 52.6 Å². The molecule has 12 aromatic rings. The van der Waals surface area contributed by atoms with Crippen LogP contribution in [0, 0.1) is 98.1 Å². The van der Waals surface area contributed by atoms with E-state index in [-0.39, 0.29) is 129 Å². The minimum absolute atomic E-state index is 0. The average molecular weight is 2220 g/mol. The SMILES string of the molecule is CN1C=CN(c2[c-]cc(F)cc2)[CH-]1.CN1[CH-]N(c2[c-]cccc2)c2ccccc21.Fc1c[c-]c(-c2ccccn2)c(F)c1.Fc1c[c-]c(-c2ccccn2)c(F)n1.O=C(O)c1ccccn1.[C-]#[N+]c1c(F)c[c-]c(-c2cc(C)ccn2)c1F.[Ir+3].[Ir].[Ir].[Ir].[Ir].c1ccc(-c2ccn[n-]2)nc1. The molecule has 0 bridgehead atoms. The molecule has 0 saturated heterocycles. The monoisotopic (exact) mass is 2230 g/mol. The van der Waals surface area contributed by atoms with Crippen molar-refractivity contribution in [3.8, 4) is 45.2 Å². The van der Waals surface area contributed by atoms with Crippen molar-refractivity contribution in [3.05, 3.63) is 339 Å². The summed E-state index contributed by atoms with van der Waals surface area (Å²) in [5.74, 6) is -6.15. The number of rotatable bonds is 7. The number of pyridine rings is 6. The minimum Gasteiger partial charge on any atom is -0.574 e. The molecule has 4 radical (unpaired) electrons. The number of anilines is 4. The molecule has 7 aromatic heterocycles. The summed E-state index contributed by atoms with van der Waals surface area (Å²) in [5, 5.41) is 15.9. The summed E-state index contributed by atoms with van der Waals surface area (Å²) < 4.78 is 90.9. The Hall–Kier alpha value is -9.13. The number of aromatic nitrogens is 8. The molecule has 5 aromatic carbocycles. The van der Waals surface area contributed by atoms with Gasteiger partial charge >= 0.3 is 26.1 Å². The van der Waals surface area contributed by atoms with Crippen LogP contribution in [0.25, 0.3) is 50.0 Å². The van der Waals surface area contributed by atoms with Crippen molar-refractivity contribution in [1.82, 2.24) is 45.0 Å². The Kier molecular flexibility index (Phi) is 36.8. The summed E-state index contributed by atoms with van der Waals surface area (Å²) in [7, 11) is 3.99. The van der Waals surface area contributed by atoms with E-state index in [9.17, 15) is 35.5 Å². The summed E-state index contributed by atoms with van der Waals surface area (Å²) in [6, 6.07) is 64.0. The maximum Gasteiger partial charge on any atom is 3.00 e. The first kappa shape index (κ1) is 84.1. The van der Waals surface area contributed by atoms with E-state index < -0.39 is 46.8 Å². The smallest absolute Gasteiger partial charge is 0.574 e. The topological polar surface area (TPSA) is 159 Å². The van der Waals surface area contributed by atoms with Crippen LogP contribution in [0.3, 0.4) is 0 Å². The number of aryl methyl sites for hydroxylation is 1. The Labute approximate surface area is 635 Å². The normalized spacial score (nSPS) is 10.8. The van der Waals surface area contributed by atoms with Crippen LogP contribution in [-0.2, 0) is 101 Å². The summed E-state index contributed by atoms with van der Waals surface area (Å²) >= 11 is 0. The number of para-hydroxylation sites is 3. The van der Waals surface area contributed by atoms with Gasteiger partial charge in [-0.2, -0.15) is 49.7 Å². The second-order valence-corrected chi connectivity index (χ2v) is 19.2. The number of carboxylic acid groups (broad SMARTS) is 1. The summed E-state index contributed by atoms with van der Waals surface area (Å²) in [6.07, 6.45) is 13.2. The molecule has 0 aliphatic carbocycles. The maximum absolute atomic E-state index is 13.8. The Morgan fingerprint density at radius 2 is 1.14 bits per heavy atom. The van der Waals surface area contributed by atoms with Crippen molar-refractivity contribution in [2.75, 3.05) is 28.8 Å². The zero-order valence-electron chi connectivity index (χ0n) is 51.6. The van der Waals surface area contributed by atoms with E-state index in [2.05, 4.69) is 129 Å². The van der Waals surface area contributed by atoms with Gasteiger partial charge in [-0.25, -0.2) is 18.6 Å². The summed E-state index contributed by atoms with van der Waals surface area (Å²) in [6.45, 7) is 12.5. The van der Waals surface area contributed by atoms with Gasteiger partial charge < -0.3 is 49.9 Å². The second kappa shape index (κ2) is 43.3. The second-order valence-electron chi connectivity index (χ2n) is 19.2. The fraction of sp³-hybridized carbons (Fsp3) is 0.0417. The van der Waals surface area contributed by atoms with Gasteiger partial charge in [0, 0.05) is 164 Å². The van der Waals surface area contributed by atoms with Gasteiger partial charge in [0.2, 0.25) is 0 Å². The van der Waals surface area contributed by atoms with Crippen LogP contribution < -0.4 is 19.8 Å². The molecule has 1 N–H and O–H groups in total. The van der Waals surface area contributed by atoms with E-state index in [1.165, 1.54) is 48.2 Å². The molecule has 0 amide bonds. The third kappa shape index (κ3) is 25.3. The molecule has 0 fully saturated rings. The first-order valence-electron chi connectivity index (χ1n) is 27.8. The van der Waals surface area contributed by atoms with Gasteiger partial charge in [0.15, 0.2) is 5.69 Å². The third-order valence-corrected chi connectivity index (χ3v) is 12.6. The predicted octanol–water partition coefficient (Wildman–Crippen LogP) is 15.8. The molecule has 99 heavy (non-hydrogen) atoms. The van der Waals surface area contributed by atoms with Crippen LogP contribution in [-0.4, -0.2) is 65.1 Å². The quantitative estimate of drug-likeness (QED) is 0.0912. The first-order valence-corrected chi connectivity index (χ1v) is 27.8. The van der Waals surface area contributed by atoms with Crippen molar-refractivity contribution in [2.45, 2.75) is 6.92 Å². The van der Waals surface area contributed by atoms with Crippen LogP contribution in [0.4, 0.5) is 59.2 Å². The molecule has 14 rings (SSSR count). The largest absolute Gasteiger partial charge is 3.00 e. The van der Waals surface area contributed by atoms with Gasteiger partial charge in [0.05, 0.1) is 6.57 Å². The first-order chi connectivity index (χ1) is 45.6. The predicted molar refractivity (Wildman–Crippen MR) is 342 cm³/mol. The van der Waals surface area contributed by atoms with Crippen LogP contribution in [0.1, 0.15) is 16.1 Å². The molecule has 15 nitrogen and oxygen atoms in total.